The molecule has 22 heavy (non-hydrogen) atoms. The zero-order chi connectivity index (χ0) is 15.9. The van der Waals surface area contributed by atoms with Crippen LogP contribution >= 0.6 is 0 Å². The molecular formula is C19H23NOSi. The molecule has 1 aromatic rings. The Balaban J connectivity index is 2.11. The van der Waals surface area contributed by atoms with Gasteiger partial charge in [-0.05, 0) is 25.1 Å². The number of nitrogens with zero attached hydrogens (tertiary/aromatic N) is 1. The summed E-state index contributed by atoms with van der Waals surface area (Å²) in [7, 11) is -1.61. The van der Waals surface area contributed by atoms with Gasteiger partial charge in [-0.25, -0.2) is 0 Å². The van der Waals surface area contributed by atoms with Gasteiger partial charge in [0.1, 0.15) is 0 Å². The Labute approximate surface area is 133 Å². The summed E-state index contributed by atoms with van der Waals surface area (Å²) in [5.41, 5.74) is 3.42. The molecule has 1 aliphatic heterocycles. The van der Waals surface area contributed by atoms with E-state index < -0.39 is 8.07 Å². The van der Waals surface area contributed by atoms with Crippen LogP contribution in [0.4, 0.5) is 5.69 Å². The van der Waals surface area contributed by atoms with Gasteiger partial charge in [-0.3, -0.25) is 9.69 Å². The molecule has 1 aliphatic carbocycles. The first kappa shape index (κ1) is 15.0. The molecule has 3 heteroatoms. The average molecular weight is 309 g/mol. The molecule has 3 rings (SSSR count). The highest BCUT2D eigenvalue weighted by atomic mass is 28.3. The normalized spacial score (nSPS) is 24.3. The molecule has 0 bridgehead atoms. The second-order valence-corrected chi connectivity index (χ2v) is 12.6. The van der Waals surface area contributed by atoms with Crippen LogP contribution in [-0.2, 0) is 4.79 Å². The van der Waals surface area contributed by atoms with E-state index in [9.17, 15) is 4.79 Å². The summed E-state index contributed by atoms with van der Waals surface area (Å²) in [6.07, 6.45) is 10.5. The van der Waals surface area contributed by atoms with Gasteiger partial charge in [-0.1, -0.05) is 61.6 Å². The molecule has 2 nitrogen and oxygen atoms in total. The fraction of sp³-hybridized carbons (Fsp3) is 0.316. The van der Waals surface area contributed by atoms with Gasteiger partial charge in [0.25, 0.3) is 0 Å². The van der Waals surface area contributed by atoms with Crippen molar-refractivity contribution in [3.8, 4) is 0 Å². The fourth-order valence-corrected chi connectivity index (χ4v) is 5.65. The molecule has 1 aromatic carbocycles. The lowest BCUT2D eigenvalue weighted by Gasteiger charge is -2.26. The minimum Gasteiger partial charge on any atom is -0.284 e. The van der Waals surface area contributed by atoms with Crippen LogP contribution in [0.2, 0.25) is 25.2 Å². The van der Waals surface area contributed by atoms with Gasteiger partial charge in [-0.15, -0.1) is 0 Å². The van der Waals surface area contributed by atoms with Gasteiger partial charge >= 0.3 is 0 Å². The number of carbonyl (C=O) groups excluding carboxylic acids is 1. The Bertz CT molecular complexity index is 676. The standard InChI is InChI=1S/C19H23NOSi/c1-14-10-12-15(13-11-14)20-17-9-7-5-6-8-16(17)18(19(20)21)22(2,3)4/h5-13,16,18H,1-4H3/t16-,18+/m1/s1. The second-order valence-electron chi connectivity index (χ2n) is 7.24. The number of fused-ring (bicyclic) bond motifs is 1. The maximum absolute atomic E-state index is 13.2. The summed E-state index contributed by atoms with van der Waals surface area (Å²) < 4.78 is 0. The Morgan fingerprint density at radius 1 is 1.00 bits per heavy atom. The predicted octanol–water partition coefficient (Wildman–Crippen LogP) is 4.68. The molecule has 1 fully saturated rings. The predicted molar refractivity (Wildman–Crippen MR) is 95.6 cm³/mol. The van der Waals surface area contributed by atoms with Crippen molar-refractivity contribution < 1.29 is 4.79 Å². The van der Waals surface area contributed by atoms with E-state index in [-0.39, 0.29) is 17.4 Å². The Morgan fingerprint density at radius 3 is 2.32 bits per heavy atom. The van der Waals surface area contributed by atoms with Crippen molar-refractivity contribution in [3.63, 3.8) is 0 Å². The van der Waals surface area contributed by atoms with E-state index in [4.69, 9.17) is 0 Å². The molecule has 0 N–H and O–H groups in total. The molecule has 0 radical (unpaired) electrons. The number of allylic oxidation sites excluding steroid dienone is 5. The Kier molecular flexibility index (Phi) is 3.69. The van der Waals surface area contributed by atoms with Crippen LogP contribution in [0, 0.1) is 12.8 Å². The molecule has 0 unspecified atom stereocenters. The number of benzene rings is 1. The molecule has 0 spiro atoms. The lowest BCUT2D eigenvalue weighted by atomic mass is 10.0. The summed E-state index contributed by atoms with van der Waals surface area (Å²) >= 11 is 0. The van der Waals surface area contributed by atoms with Crippen molar-refractivity contribution in [3.05, 3.63) is 65.9 Å². The molecule has 1 saturated heterocycles. The number of carbonyl (C=O) groups is 1. The smallest absolute Gasteiger partial charge is 0.232 e. The Hall–Kier alpha value is -1.87. The SMILES string of the molecule is Cc1ccc(N2C(=O)[C@@H]([Si](C)(C)C)[C@@H]3C=CC=CC=C32)cc1. The van der Waals surface area contributed by atoms with Gasteiger partial charge in [-0.2, -0.15) is 0 Å². The first-order valence-electron chi connectivity index (χ1n) is 7.85. The maximum Gasteiger partial charge on any atom is 0.232 e. The van der Waals surface area contributed by atoms with E-state index in [2.05, 4.69) is 69.1 Å². The molecule has 0 saturated carbocycles. The van der Waals surface area contributed by atoms with Gasteiger partial charge in [0.15, 0.2) is 0 Å². The third kappa shape index (κ3) is 2.50. The van der Waals surface area contributed by atoms with Crippen LogP contribution in [0.3, 0.4) is 0 Å². The van der Waals surface area contributed by atoms with E-state index in [1.807, 2.05) is 17.1 Å². The highest BCUT2D eigenvalue weighted by Gasteiger charge is 2.49. The minimum absolute atomic E-state index is 0.108. The van der Waals surface area contributed by atoms with Crippen LogP contribution in [0.5, 0.6) is 0 Å². The van der Waals surface area contributed by atoms with Crippen molar-refractivity contribution >= 4 is 19.7 Å². The molecule has 1 heterocycles. The van der Waals surface area contributed by atoms with Gasteiger partial charge in [0.2, 0.25) is 5.91 Å². The fourth-order valence-electron chi connectivity index (χ4n) is 3.42. The number of rotatable bonds is 2. The molecule has 1 amide bonds. The van der Waals surface area contributed by atoms with Crippen LogP contribution in [0.25, 0.3) is 0 Å². The summed E-state index contributed by atoms with van der Waals surface area (Å²) in [5, 5.41) is 0. The van der Waals surface area contributed by atoms with Crippen LogP contribution < -0.4 is 4.90 Å². The first-order chi connectivity index (χ1) is 10.4. The monoisotopic (exact) mass is 309 g/mol. The molecular weight excluding hydrogens is 286 g/mol. The summed E-state index contributed by atoms with van der Waals surface area (Å²) in [6, 6.07) is 8.25. The van der Waals surface area contributed by atoms with Crippen LogP contribution in [0.15, 0.2) is 60.3 Å². The molecule has 2 aliphatic rings. The van der Waals surface area contributed by atoms with Crippen molar-refractivity contribution in [1.82, 2.24) is 0 Å². The third-order valence-corrected chi connectivity index (χ3v) is 6.95. The van der Waals surface area contributed by atoms with Crippen molar-refractivity contribution in [2.75, 3.05) is 4.90 Å². The zero-order valence-electron chi connectivity index (χ0n) is 13.7. The van der Waals surface area contributed by atoms with Crippen molar-refractivity contribution in [2.24, 2.45) is 5.92 Å². The summed E-state index contributed by atoms with van der Waals surface area (Å²) in [6.45, 7) is 8.94. The van der Waals surface area contributed by atoms with E-state index in [0.29, 0.717) is 0 Å². The highest BCUT2D eigenvalue weighted by Crippen LogP contribution is 2.47. The highest BCUT2D eigenvalue weighted by molar-refractivity contribution is 6.81. The van der Waals surface area contributed by atoms with Gasteiger partial charge < -0.3 is 0 Å². The van der Waals surface area contributed by atoms with Crippen LogP contribution in [-0.4, -0.2) is 14.0 Å². The third-order valence-electron chi connectivity index (χ3n) is 4.48. The van der Waals surface area contributed by atoms with E-state index in [0.717, 1.165) is 11.4 Å². The number of hydrogen-bond donors (Lipinski definition) is 0. The zero-order valence-corrected chi connectivity index (χ0v) is 14.7. The quantitative estimate of drug-likeness (QED) is 0.727. The summed E-state index contributed by atoms with van der Waals surface area (Å²) in [5.74, 6) is 0.467. The lowest BCUT2D eigenvalue weighted by molar-refractivity contribution is -0.117. The Morgan fingerprint density at radius 2 is 1.68 bits per heavy atom. The second kappa shape index (κ2) is 5.40. The number of amides is 1. The first-order valence-corrected chi connectivity index (χ1v) is 11.4. The maximum atomic E-state index is 13.2. The van der Waals surface area contributed by atoms with Crippen molar-refractivity contribution in [2.45, 2.75) is 32.1 Å². The number of anilines is 1. The molecule has 0 aromatic heterocycles. The van der Waals surface area contributed by atoms with Crippen LogP contribution in [0.1, 0.15) is 5.56 Å². The van der Waals surface area contributed by atoms with E-state index in [1.165, 1.54) is 5.56 Å². The number of aryl methyl sites for hydroxylation is 1. The van der Waals surface area contributed by atoms with Gasteiger partial charge in [0.05, 0.1) is 8.07 Å². The molecule has 114 valence electrons. The minimum atomic E-state index is -1.61. The topological polar surface area (TPSA) is 20.3 Å². The van der Waals surface area contributed by atoms with E-state index in [1.54, 1.807) is 0 Å². The van der Waals surface area contributed by atoms with E-state index >= 15 is 0 Å². The van der Waals surface area contributed by atoms with Gasteiger partial charge in [0, 0.05) is 22.8 Å². The lowest BCUT2D eigenvalue weighted by Crippen LogP contribution is -2.37. The largest absolute Gasteiger partial charge is 0.284 e. The average Bonchev–Trinajstić information content (AvgIpc) is 2.59. The molecule has 2 atom stereocenters. The van der Waals surface area contributed by atoms with Crippen molar-refractivity contribution in [1.29, 1.82) is 0 Å². The summed E-state index contributed by atoms with van der Waals surface area (Å²) in [4.78, 5) is 15.1. The number of hydrogen-bond acceptors (Lipinski definition) is 1.